The quantitative estimate of drug-likeness (QED) is 0.613. The van der Waals surface area contributed by atoms with Gasteiger partial charge in [0.25, 0.3) is 0 Å². The third-order valence-corrected chi connectivity index (χ3v) is 4.21. The van der Waals surface area contributed by atoms with E-state index in [9.17, 15) is 4.79 Å². The van der Waals surface area contributed by atoms with Gasteiger partial charge in [-0.25, -0.2) is 4.98 Å². The number of aldehydes is 1. The number of oxazole rings is 1. The Morgan fingerprint density at radius 3 is 2.40 bits per heavy atom. The molecule has 0 aliphatic rings. The largest absolute Gasteiger partial charge is 0.493 e. The normalized spacial score (nSPS) is 10.7. The van der Waals surface area contributed by atoms with E-state index in [0.717, 1.165) is 45.7 Å². The van der Waals surface area contributed by atoms with Crippen molar-refractivity contribution in [3.05, 3.63) is 70.6 Å². The molecule has 25 heavy (non-hydrogen) atoms. The van der Waals surface area contributed by atoms with E-state index < -0.39 is 0 Å². The lowest BCUT2D eigenvalue weighted by atomic mass is 10.0. The Morgan fingerprint density at radius 2 is 1.76 bits per heavy atom. The predicted molar refractivity (Wildman–Crippen MR) is 97.2 cm³/mol. The average Bonchev–Trinajstić information content (AvgIpc) is 2.96. The number of hydrogen-bond acceptors (Lipinski definition) is 4. The van der Waals surface area contributed by atoms with Gasteiger partial charge in [0.2, 0.25) is 5.89 Å². The van der Waals surface area contributed by atoms with Crippen LogP contribution in [0.2, 0.25) is 0 Å². The van der Waals surface area contributed by atoms with E-state index >= 15 is 0 Å². The van der Waals surface area contributed by atoms with E-state index in [2.05, 4.69) is 4.98 Å². The lowest BCUT2D eigenvalue weighted by Gasteiger charge is -2.10. The Kier molecular flexibility index (Phi) is 4.98. The van der Waals surface area contributed by atoms with Crippen LogP contribution in [-0.4, -0.2) is 17.9 Å². The monoisotopic (exact) mass is 335 g/mol. The van der Waals surface area contributed by atoms with Crippen molar-refractivity contribution in [2.45, 2.75) is 27.2 Å². The summed E-state index contributed by atoms with van der Waals surface area (Å²) in [5.41, 5.74) is 4.44. The Bertz CT molecular complexity index is 858. The third-order valence-electron chi connectivity index (χ3n) is 4.21. The molecule has 0 saturated carbocycles. The summed E-state index contributed by atoms with van der Waals surface area (Å²) in [6.45, 7) is 6.25. The number of nitrogens with zero attached hydrogens (tertiary/aromatic N) is 1. The van der Waals surface area contributed by atoms with Gasteiger partial charge >= 0.3 is 0 Å². The van der Waals surface area contributed by atoms with Crippen molar-refractivity contribution in [3.63, 3.8) is 0 Å². The van der Waals surface area contributed by atoms with Crippen LogP contribution in [0, 0.1) is 20.8 Å². The first-order chi connectivity index (χ1) is 12.1. The summed E-state index contributed by atoms with van der Waals surface area (Å²) in [4.78, 5) is 15.6. The van der Waals surface area contributed by atoms with Gasteiger partial charge in [-0.2, -0.15) is 0 Å². The van der Waals surface area contributed by atoms with Crippen LogP contribution in [-0.2, 0) is 6.42 Å². The average molecular weight is 335 g/mol. The first-order valence-corrected chi connectivity index (χ1v) is 8.29. The lowest BCUT2D eigenvalue weighted by molar-refractivity contribution is 0.112. The van der Waals surface area contributed by atoms with Gasteiger partial charge in [0, 0.05) is 17.5 Å². The highest BCUT2D eigenvalue weighted by Crippen LogP contribution is 2.23. The van der Waals surface area contributed by atoms with Gasteiger partial charge in [-0.05, 0) is 56.2 Å². The maximum Gasteiger partial charge on any atom is 0.226 e. The molecule has 3 aromatic rings. The molecule has 0 saturated heterocycles. The van der Waals surface area contributed by atoms with Crippen LogP contribution in [0.15, 0.2) is 46.9 Å². The first-order valence-electron chi connectivity index (χ1n) is 8.29. The van der Waals surface area contributed by atoms with E-state index in [1.165, 1.54) is 0 Å². The summed E-state index contributed by atoms with van der Waals surface area (Å²) < 4.78 is 11.6. The fourth-order valence-corrected chi connectivity index (χ4v) is 2.83. The molecular formula is C21H21NO3. The molecule has 3 rings (SSSR count). The van der Waals surface area contributed by atoms with Gasteiger partial charge in [0.1, 0.15) is 11.5 Å². The van der Waals surface area contributed by atoms with Crippen molar-refractivity contribution in [2.75, 3.05) is 6.61 Å². The molecule has 0 atom stereocenters. The molecule has 0 spiro atoms. The van der Waals surface area contributed by atoms with Crippen LogP contribution in [0.25, 0.3) is 11.5 Å². The molecule has 1 heterocycles. The summed E-state index contributed by atoms with van der Waals surface area (Å²) >= 11 is 0. The first kappa shape index (κ1) is 17.0. The van der Waals surface area contributed by atoms with E-state index in [0.29, 0.717) is 18.9 Å². The molecule has 0 bridgehead atoms. The van der Waals surface area contributed by atoms with E-state index in [1.54, 1.807) is 0 Å². The molecule has 1 aromatic heterocycles. The lowest BCUT2D eigenvalue weighted by Crippen LogP contribution is -2.04. The highest BCUT2D eigenvalue weighted by atomic mass is 16.5. The Hall–Kier alpha value is -2.88. The minimum atomic E-state index is 0.501. The van der Waals surface area contributed by atoms with Crippen LogP contribution in [0.3, 0.4) is 0 Å². The van der Waals surface area contributed by atoms with Gasteiger partial charge in [-0.3, -0.25) is 4.79 Å². The molecule has 0 radical (unpaired) electrons. The molecule has 2 aromatic carbocycles. The number of carbonyl (C=O) groups is 1. The molecular weight excluding hydrogens is 314 g/mol. The highest BCUT2D eigenvalue weighted by Gasteiger charge is 2.11. The maximum atomic E-state index is 11.1. The SMILES string of the molecule is Cc1cc(OCCc2nc(-c3ccccc3)oc2C)cc(C)c1C=O. The van der Waals surface area contributed by atoms with E-state index in [4.69, 9.17) is 9.15 Å². The maximum absolute atomic E-state index is 11.1. The fourth-order valence-electron chi connectivity index (χ4n) is 2.83. The number of rotatable bonds is 6. The van der Waals surface area contributed by atoms with Crippen molar-refractivity contribution >= 4 is 6.29 Å². The molecule has 0 aliphatic carbocycles. The van der Waals surface area contributed by atoms with Crippen LogP contribution >= 0.6 is 0 Å². The van der Waals surface area contributed by atoms with Gasteiger partial charge in [-0.15, -0.1) is 0 Å². The van der Waals surface area contributed by atoms with Crippen LogP contribution < -0.4 is 4.74 Å². The Labute approximate surface area is 147 Å². The van der Waals surface area contributed by atoms with Gasteiger partial charge in [0.15, 0.2) is 6.29 Å². The molecule has 0 amide bonds. The molecule has 0 N–H and O–H groups in total. The smallest absolute Gasteiger partial charge is 0.226 e. The highest BCUT2D eigenvalue weighted by molar-refractivity contribution is 5.80. The van der Waals surface area contributed by atoms with Crippen molar-refractivity contribution in [1.29, 1.82) is 0 Å². The van der Waals surface area contributed by atoms with Gasteiger partial charge in [0.05, 0.1) is 12.3 Å². The summed E-state index contributed by atoms with van der Waals surface area (Å²) in [6.07, 6.45) is 1.55. The zero-order valence-corrected chi connectivity index (χ0v) is 14.7. The van der Waals surface area contributed by atoms with E-state index in [1.807, 2.05) is 63.2 Å². The predicted octanol–water partition coefficient (Wildman–Crippen LogP) is 4.70. The minimum Gasteiger partial charge on any atom is -0.493 e. The van der Waals surface area contributed by atoms with Gasteiger partial charge in [-0.1, -0.05) is 18.2 Å². The Morgan fingerprint density at radius 1 is 1.08 bits per heavy atom. The van der Waals surface area contributed by atoms with Crippen molar-refractivity contribution in [2.24, 2.45) is 0 Å². The number of aromatic nitrogens is 1. The van der Waals surface area contributed by atoms with Gasteiger partial charge < -0.3 is 9.15 Å². The third kappa shape index (κ3) is 3.79. The standard InChI is InChI=1S/C21H21NO3/c1-14-11-18(12-15(2)19(14)13-23)24-10-9-20-16(3)25-21(22-20)17-7-5-4-6-8-17/h4-8,11-13H,9-10H2,1-3H3. The second kappa shape index (κ2) is 7.34. The second-order valence-electron chi connectivity index (χ2n) is 6.07. The fraction of sp³-hybridized carbons (Fsp3) is 0.238. The zero-order valence-electron chi connectivity index (χ0n) is 14.7. The van der Waals surface area contributed by atoms with E-state index in [-0.39, 0.29) is 0 Å². The molecule has 128 valence electrons. The number of ether oxygens (including phenoxy) is 1. The number of hydrogen-bond donors (Lipinski definition) is 0. The Balaban J connectivity index is 1.67. The van der Waals surface area contributed by atoms with Crippen molar-refractivity contribution < 1.29 is 13.9 Å². The molecule has 4 heteroatoms. The number of benzene rings is 2. The summed E-state index contributed by atoms with van der Waals surface area (Å²) in [5, 5.41) is 0. The van der Waals surface area contributed by atoms with Crippen LogP contribution in [0.1, 0.15) is 32.9 Å². The number of aryl methyl sites for hydroxylation is 3. The number of carbonyl (C=O) groups excluding carboxylic acids is 1. The molecule has 4 nitrogen and oxygen atoms in total. The minimum absolute atomic E-state index is 0.501. The summed E-state index contributed by atoms with van der Waals surface area (Å²) in [7, 11) is 0. The second-order valence-corrected chi connectivity index (χ2v) is 6.07. The van der Waals surface area contributed by atoms with Crippen molar-refractivity contribution in [1.82, 2.24) is 4.98 Å². The topological polar surface area (TPSA) is 52.3 Å². The molecule has 0 unspecified atom stereocenters. The van der Waals surface area contributed by atoms with Crippen LogP contribution in [0.4, 0.5) is 0 Å². The molecule has 0 aliphatic heterocycles. The summed E-state index contributed by atoms with van der Waals surface area (Å²) in [6, 6.07) is 13.6. The molecule has 0 fully saturated rings. The zero-order chi connectivity index (χ0) is 17.8. The van der Waals surface area contributed by atoms with Crippen molar-refractivity contribution in [3.8, 4) is 17.2 Å². The summed E-state index contributed by atoms with van der Waals surface area (Å²) in [5.74, 6) is 2.21. The van der Waals surface area contributed by atoms with Crippen LogP contribution in [0.5, 0.6) is 5.75 Å².